The highest BCUT2D eigenvalue weighted by Crippen LogP contribution is 2.50. The number of ether oxygens (including phenoxy) is 2. The monoisotopic (exact) mass is 429 g/mol. The number of methoxy groups -OCH3 is 1. The smallest absolute Gasteiger partial charge is 0.337 e. The molecule has 4 rings (SSSR count). The van der Waals surface area contributed by atoms with Gasteiger partial charge in [-0.15, -0.1) is 0 Å². The minimum absolute atomic E-state index is 0.0658. The highest BCUT2D eigenvalue weighted by atomic mass is 16.5. The highest BCUT2D eigenvalue weighted by Gasteiger charge is 2.41. The molecule has 0 radical (unpaired) electrons. The van der Waals surface area contributed by atoms with Gasteiger partial charge in [0, 0.05) is 11.6 Å². The van der Waals surface area contributed by atoms with Crippen LogP contribution in [0.2, 0.25) is 0 Å². The minimum Gasteiger partial charge on any atom is -0.487 e. The lowest BCUT2D eigenvalue weighted by molar-refractivity contribution is 0.0600. The van der Waals surface area contributed by atoms with Crippen molar-refractivity contribution in [1.29, 1.82) is 0 Å². The van der Waals surface area contributed by atoms with Crippen LogP contribution in [-0.4, -0.2) is 18.1 Å². The molecule has 32 heavy (non-hydrogen) atoms. The molecule has 0 spiro atoms. The Morgan fingerprint density at radius 1 is 0.875 bits per heavy atom. The van der Waals surface area contributed by atoms with E-state index in [0.29, 0.717) is 17.6 Å². The summed E-state index contributed by atoms with van der Waals surface area (Å²) in [5.41, 5.74) is 4.33. The summed E-state index contributed by atoms with van der Waals surface area (Å²) in [6.07, 6.45) is 6.24. The second-order valence-corrected chi connectivity index (χ2v) is 9.45. The Hall–Kier alpha value is -3.14. The second-order valence-electron chi connectivity index (χ2n) is 9.45. The van der Waals surface area contributed by atoms with Gasteiger partial charge in [0.25, 0.3) is 0 Å². The highest BCUT2D eigenvalue weighted by molar-refractivity contribution is 5.89. The average molecular weight is 430 g/mol. The molecule has 0 amide bonds. The van der Waals surface area contributed by atoms with Crippen LogP contribution in [0, 0.1) is 5.41 Å². The SMILES string of the molecule is COC(=O)c1ccc(C2(c3ccc(OCc4ccccn4)cc3)CCC(C)(C)CC2)cc1. The van der Waals surface area contributed by atoms with E-state index in [1.165, 1.54) is 18.2 Å². The summed E-state index contributed by atoms with van der Waals surface area (Å²) in [7, 11) is 1.42. The maximum Gasteiger partial charge on any atom is 0.337 e. The summed E-state index contributed by atoms with van der Waals surface area (Å²) in [5, 5.41) is 0. The standard InChI is InChI=1S/C28H31NO3/c1-27(2)15-17-28(18-16-27,22-9-7-21(8-10-22)26(30)31-3)23-11-13-25(14-12-23)32-20-24-6-4-5-19-29-24/h4-14,19H,15-18,20H2,1-3H3. The Kier molecular flexibility index (Phi) is 6.31. The van der Waals surface area contributed by atoms with Crippen molar-refractivity contribution >= 4 is 5.97 Å². The molecular weight excluding hydrogens is 398 g/mol. The molecule has 0 aliphatic heterocycles. The summed E-state index contributed by atoms with van der Waals surface area (Å²) >= 11 is 0. The first-order valence-electron chi connectivity index (χ1n) is 11.2. The van der Waals surface area contributed by atoms with E-state index in [1.807, 2.05) is 30.3 Å². The van der Waals surface area contributed by atoms with Crippen LogP contribution in [0.5, 0.6) is 5.75 Å². The lowest BCUT2D eigenvalue weighted by Gasteiger charge is -2.44. The molecule has 1 fully saturated rings. The normalized spacial score (nSPS) is 16.8. The molecule has 1 aliphatic rings. The Bertz CT molecular complexity index is 1030. The van der Waals surface area contributed by atoms with Crippen molar-refractivity contribution < 1.29 is 14.3 Å². The van der Waals surface area contributed by atoms with Crippen LogP contribution in [0.4, 0.5) is 0 Å². The van der Waals surface area contributed by atoms with E-state index >= 15 is 0 Å². The topological polar surface area (TPSA) is 48.4 Å². The van der Waals surface area contributed by atoms with Crippen molar-refractivity contribution in [2.45, 2.75) is 51.6 Å². The number of esters is 1. The first-order chi connectivity index (χ1) is 15.4. The summed E-state index contributed by atoms with van der Waals surface area (Å²) in [6.45, 7) is 5.16. The second kappa shape index (κ2) is 9.15. The van der Waals surface area contributed by atoms with E-state index in [-0.39, 0.29) is 11.4 Å². The first kappa shape index (κ1) is 22.1. The van der Waals surface area contributed by atoms with Crippen molar-refractivity contribution in [2.24, 2.45) is 5.41 Å². The third-order valence-electron chi connectivity index (χ3n) is 6.84. The van der Waals surface area contributed by atoms with E-state index in [9.17, 15) is 4.79 Å². The van der Waals surface area contributed by atoms with Crippen LogP contribution < -0.4 is 4.74 Å². The molecule has 1 heterocycles. The van der Waals surface area contributed by atoms with Crippen LogP contribution in [0.1, 0.15) is 66.7 Å². The van der Waals surface area contributed by atoms with Crippen LogP contribution in [0.25, 0.3) is 0 Å². The maximum absolute atomic E-state index is 11.9. The Labute approximate surface area is 190 Å². The lowest BCUT2D eigenvalue weighted by Crippen LogP contribution is -2.36. The van der Waals surface area contributed by atoms with E-state index in [4.69, 9.17) is 9.47 Å². The van der Waals surface area contributed by atoms with Gasteiger partial charge in [0.2, 0.25) is 0 Å². The van der Waals surface area contributed by atoms with Gasteiger partial charge in [-0.25, -0.2) is 4.79 Å². The molecular formula is C28H31NO3. The number of rotatable bonds is 6. The van der Waals surface area contributed by atoms with Gasteiger partial charge in [-0.3, -0.25) is 4.98 Å². The van der Waals surface area contributed by atoms with Gasteiger partial charge in [-0.05, 0) is 78.6 Å². The molecule has 0 saturated heterocycles. The Morgan fingerprint density at radius 3 is 2.06 bits per heavy atom. The van der Waals surface area contributed by atoms with Crippen LogP contribution in [-0.2, 0) is 16.8 Å². The Balaban J connectivity index is 1.60. The van der Waals surface area contributed by atoms with E-state index in [0.717, 1.165) is 37.1 Å². The maximum atomic E-state index is 11.9. The van der Waals surface area contributed by atoms with Crippen LogP contribution >= 0.6 is 0 Å². The number of carbonyl (C=O) groups is 1. The fourth-order valence-electron chi connectivity index (χ4n) is 4.65. The molecule has 1 aliphatic carbocycles. The lowest BCUT2D eigenvalue weighted by atomic mass is 9.59. The molecule has 0 atom stereocenters. The van der Waals surface area contributed by atoms with Crippen molar-refractivity contribution in [3.63, 3.8) is 0 Å². The number of aromatic nitrogens is 1. The zero-order valence-corrected chi connectivity index (χ0v) is 19.1. The quantitative estimate of drug-likeness (QED) is 0.429. The number of nitrogens with zero attached hydrogens (tertiary/aromatic N) is 1. The summed E-state index contributed by atoms with van der Waals surface area (Å²) in [6, 6.07) is 22.3. The van der Waals surface area contributed by atoms with Gasteiger partial charge in [0.1, 0.15) is 12.4 Å². The van der Waals surface area contributed by atoms with Crippen molar-refractivity contribution in [3.8, 4) is 5.75 Å². The molecule has 2 aromatic carbocycles. The number of hydrogen-bond acceptors (Lipinski definition) is 4. The number of carbonyl (C=O) groups excluding carboxylic acids is 1. The summed E-state index contributed by atoms with van der Waals surface area (Å²) < 4.78 is 10.8. The van der Waals surface area contributed by atoms with Crippen molar-refractivity contribution in [3.05, 3.63) is 95.3 Å². The molecule has 3 aromatic rings. The molecule has 1 aromatic heterocycles. The van der Waals surface area contributed by atoms with Crippen molar-refractivity contribution in [1.82, 2.24) is 4.98 Å². The zero-order valence-electron chi connectivity index (χ0n) is 19.1. The first-order valence-corrected chi connectivity index (χ1v) is 11.2. The molecule has 166 valence electrons. The van der Waals surface area contributed by atoms with Crippen LogP contribution in [0.15, 0.2) is 72.9 Å². The van der Waals surface area contributed by atoms with E-state index < -0.39 is 0 Å². The predicted molar refractivity (Wildman–Crippen MR) is 126 cm³/mol. The molecule has 1 saturated carbocycles. The van der Waals surface area contributed by atoms with Gasteiger partial charge in [0.05, 0.1) is 18.4 Å². The molecule has 4 nitrogen and oxygen atoms in total. The van der Waals surface area contributed by atoms with Gasteiger partial charge < -0.3 is 9.47 Å². The largest absolute Gasteiger partial charge is 0.487 e. The summed E-state index contributed by atoms with van der Waals surface area (Å²) in [5.74, 6) is 0.538. The van der Waals surface area contributed by atoms with Gasteiger partial charge >= 0.3 is 5.97 Å². The molecule has 0 N–H and O–H groups in total. The molecule has 0 unspecified atom stereocenters. The van der Waals surface area contributed by atoms with Gasteiger partial charge in [-0.1, -0.05) is 44.2 Å². The zero-order chi connectivity index (χ0) is 22.6. The van der Waals surface area contributed by atoms with Gasteiger partial charge in [-0.2, -0.15) is 0 Å². The Morgan fingerprint density at radius 2 is 1.50 bits per heavy atom. The molecule has 4 heteroatoms. The number of pyridine rings is 1. The fraction of sp³-hybridized carbons (Fsp3) is 0.357. The summed E-state index contributed by atoms with van der Waals surface area (Å²) in [4.78, 5) is 16.2. The van der Waals surface area contributed by atoms with E-state index in [1.54, 1.807) is 6.20 Å². The third-order valence-corrected chi connectivity index (χ3v) is 6.84. The minimum atomic E-state index is -0.301. The van der Waals surface area contributed by atoms with E-state index in [2.05, 4.69) is 55.2 Å². The van der Waals surface area contributed by atoms with Crippen molar-refractivity contribution in [2.75, 3.05) is 7.11 Å². The number of hydrogen-bond donors (Lipinski definition) is 0. The van der Waals surface area contributed by atoms with Crippen LogP contribution in [0.3, 0.4) is 0 Å². The third kappa shape index (κ3) is 4.69. The average Bonchev–Trinajstić information content (AvgIpc) is 2.84. The predicted octanol–water partition coefficient (Wildman–Crippen LogP) is 6.33. The van der Waals surface area contributed by atoms with Gasteiger partial charge in [0.15, 0.2) is 0 Å². The molecule has 0 bridgehead atoms. The fourth-order valence-corrected chi connectivity index (χ4v) is 4.65. The number of benzene rings is 2.